The third kappa shape index (κ3) is 4.27. The van der Waals surface area contributed by atoms with Crippen LogP contribution in [0.1, 0.15) is 6.92 Å². The Balaban J connectivity index is 4.18. The zero-order valence-corrected chi connectivity index (χ0v) is 6.90. The molecule has 0 aromatic heterocycles. The van der Waals surface area contributed by atoms with E-state index >= 15 is 0 Å². The van der Waals surface area contributed by atoms with Gasteiger partial charge in [-0.05, 0) is 6.92 Å². The molecule has 0 aromatic rings. The molecule has 0 radical (unpaired) electrons. The van der Waals surface area contributed by atoms with Crippen molar-refractivity contribution in [2.75, 3.05) is 7.11 Å². The monoisotopic (exact) mass is 170 g/mol. The van der Waals surface area contributed by atoms with Gasteiger partial charge in [0.05, 0.1) is 7.11 Å². The van der Waals surface area contributed by atoms with Gasteiger partial charge < -0.3 is 9.84 Å². The van der Waals surface area contributed by atoms with E-state index in [0.29, 0.717) is 5.57 Å². The lowest BCUT2D eigenvalue weighted by Gasteiger charge is -1.94. The fourth-order valence-electron chi connectivity index (χ4n) is 0.504. The van der Waals surface area contributed by atoms with Crippen molar-refractivity contribution in [3.63, 3.8) is 0 Å². The minimum Gasteiger partial charge on any atom is -0.478 e. The molecule has 1 N–H and O–H groups in total. The van der Waals surface area contributed by atoms with Gasteiger partial charge in [-0.2, -0.15) is 0 Å². The van der Waals surface area contributed by atoms with E-state index in [-0.39, 0.29) is 0 Å². The smallest absolute Gasteiger partial charge is 0.333 e. The van der Waals surface area contributed by atoms with E-state index in [2.05, 4.69) is 4.74 Å². The number of hydrogen-bond donors (Lipinski definition) is 1. The van der Waals surface area contributed by atoms with Gasteiger partial charge in [-0.15, -0.1) is 0 Å². The Morgan fingerprint density at radius 2 is 2.00 bits per heavy atom. The lowest BCUT2D eigenvalue weighted by atomic mass is 10.3. The molecule has 0 aromatic carbocycles. The molecule has 0 unspecified atom stereocenters. The minimum absolute atomic E-state index is 0.356. The summed E-state index contributed by atoms with van der Waals surface area (Å²) < 4.78 is 4.38. The maximum Gasteiger partial charge on any atom is 0.333 e. The Morgan fingerprint density at radius 1 is 1.42 bits per heavy atom. The van der Waals surface area contributed by atoms with Crippen molar-refractivity contribution in [3.8, 4) is 0 Å². The number of rotatable bonds is 3. The Hall–Kier alpha value is -1.58. The molecule has 0 amide bonds. The number of ether oxygens (including phenoxy) is 1. The van der Waals surface area contributed by atoms with Crippen molar-refractivity contribution in [1.29, 1.82) is 0 Å². The maximum absolute atomic E-state index is 10.7. The van der Waals surface area contributed by atoms with Crippen molar-refractivity contribution in [2.24, 2.45) is 0 Å². The Kier molecular flexibility index (Phi) is 4.45. The summed E-state index contributed by atoms with van der Waals surface area (Å²) in [6.45, 7) is 1.54. The van der Waals surface area contributed by atoms with Crippen LogP contribution in [0.15, 0.2) is 23.8 Å². The average Bonchev–Trinajstić information content (AvgIpc) is 2.02. The zero-order chi connectivity index (χ0) is 9.56. The fourth-order valence-corrected chi connectivity index (χ4v) is 0.504. The second kappa shape index (κ2) is 5.12. The van der Waals surface area contributed by atoms with Gasteiger partial charge in [0.1, 0.15) is 0 Å². The van der Waals surface area contributed by atoms with Gasteiger partial charge in [0, 0.05) is 11.6 Å². The average molecular weight is 170 g/mol. The van der Waals surface area contributed by atoms with E-state index in [0.717, 1.165) is 6.08 Å². The summed E-state index contributed by atoms with van der Waals surface area (Å²) in [5, 5.41) is 8.19. The highest BCUT2D eigenvalue weighted by Gasteiger charge is 1.99. The minimum atomic E-state index is -1.05. The van der Waals surface area contributed by atoms with Gasteiger partial charge in [0.2, 0.25) is 0 Å². The van der Waals surface area contributed by atoms with Gasteiger partial charge >= 0.3 is 11.9 Å². The third-order valence-electron chi connectivity index (χ3n) is 1.09. The quantitative estimate of drug-likeness (QED) is 0.385. The Bertz CT molecular complexity index is 237. The number of hydrogen-bond acceptors (Lipinski definition) is 3. The predicted molar refractivity (Wildman–Crippen MR) is 42.5 cm³/mol. The molecule has 0 aliphatic heterocycles. The lowest BCUT2D eigenvalue weighted by molar-refractivity contribution is -0.136. The molecule has 4 nitrogen and oxygen atoms in total. The van der Waals surface area contributed by atoms with Gasteiger partial charge in [-0.1, -0.05) is 12.2 Å². The maximum atomic E-state index is 10.7. The first-order chi connectivity index (χ1) is 5.57. The van der Waals surface area contributed by atoms with Crippen molar-refractivity contribution in [2.45, 2.75) is 6.92 Å². The van der Waals surface area contributed by atoms with Crippen LogP contribution in [0.2, 0.25) is 0 Å². The van der Waals surface area contributed by atoms with E-state index in [1.54, 1.807) is 0 Å². The summed E-state index contributed by atoms with van der Waals surface area (Å²) in [5.74, 6) is -1.52. The molecule has 0 saturated carbocycles. The third-order valence-corrected chi connectivity index (χ3v) is 1.09. The molecule has 12 heavy (non-hydrogen) atoms. The van der Waals surface area contributed by atoms with Crippen LogP contribution in [0, 0.1) is 0 Å². The number of esters is 1. The molecule has 0 fully saturated rings. The van der Waals surface area contributed by atoms with Crippen LogP contribution in [0.5, 0.6) is 0 Å². The second-order valence-corrected chi connectivity index (χ2v) is 2.04. The van der Waals surface area contributed by atoms with Gasteiger partial charge in [-0.25, -0.2) is 9.59 Å². The standard InChI is InChI=1S/C8H10O4/c1-6(8(11)12-2)4-3-5-7(9)10/h3-5H,1-2H3,(H,9,10)/b5-3+,6-4-. The molecule has 0 saturated heterocycles. The highest BCUT2D eigenvalue weighted by Crippen LogP contribution is 1.95. The van der Waals surface area contributed by atoms with E-state index in [9.17, 15) is 9.59 Å². The molecule has 0 bridgehead atoms. The van der Waals surface area contributed by atoms with E-state index in [1.165, 1.54) is 26.2 Å². The number of allylic oxidation sites excluding steroid dienone is 2. The van der Waals surface area contributed by atoms with Gasteiger partial charge in [0.25, 0.3) is 0 Å². The molecular weight excluding hydrogens is 160 g/mol. The lowest BCUT2D eigenvalue weighted by Crippen LogP contribution is -2.00. The van der Waals surface area contributed by atoms with E-state index in [4.69, 9.17) is 5.11 Å². The molecule has 0 spiro atoms. The number of methoxy groups -OCH3 is 1. The van der Waals surface area contributed by atoms with Crippen LogP contribution in [-0.2, 0) is 14.3 Å². The number of carboxylic acids is 1. The van der Waals surface area contributed by atoms with E-state index in [1.807, 2.05) is 0 Å². The number of carbonyl (C=O) groups excluding carboxylic acids is 1. The van der Waals surface area contributed by atoms with Gasteiger partial charge in [0.15, 0.2) is 0 Å². The number of carbonyl (C=O) groups is 2. The topological polar surface area (TPSA) is 63.6 Å². The van der Waals surface area contributed by atoms with Crippen LogP contribution in [-0.4, -0.2) is 24.2 Å². The fraction of sp³-hybridized carbons (Fsp3) is 0.250. The van der Waals surface area contributed by atoms with Crippen molar-refractivity contribution in [1.82, 2.24) is 0 Å². The van der Waals surface area contributed by atoms with Crippen LogP contribution in [0.3, 0.4) is 0 Å². The first-order valence-corrected chi connectivity index (χ1v) is 3.24. The molecule has 66 valence electrons. The normalized spacial score (nSPS) is 11.7. The second-order valence-electron chi connectivity index (χ2n) is 2.04. The van der Waals surface area contributed by atoms with Crippen LogP contribution in [0.4, 0.5) is 0 Å². The molecule has 0 atom stereocenters. The predicted octanol–water partition coefficient (Wildman–Crippen LogP) is 0.746. The Morgan fingerprint density at radius 3 is 2.42 bits per heavy atom. The number of carboxylic acid groups (broad SMARTS) is 1. The van der Waals surface area contributed by atoms with Crippen molar-refractivity contribution < 1.29 is 19.4 Å². The molecule has 0 aliphatic rings. The van der Waals surface area contributed by atoms with Crippen molar-refractivity contribution in [3.05, 3.63) is 23.8 Å². The number of aliphatic carboxylic acids is 1. The van der Waals surface area contributed by atoms with Crippen LogP contribution >= 0.6 is 0 Å². The summed E-state index contributed by atoms with van der Waals surface area (Å²) >= 11 is 0. The SMILES string of the molecule is COC(=O)/C(C)=C\C=C\C(=O)O. The van der Waals surface area contributed by atoms with Crippen molar-refractivity contribution >= 4 is 11.9 Å². The molecule has 0 aliphatic carbocycles. The zero-order valence-electron chi connectivity index (χ0n) is 6.90. The molecule has 0 rings (SSSR count). The molecule has 4 heteroatoms. The summed E-state index contributed by atoms with van der Waals surface area (Å²) in [6.07, 6.45) is 3.58. The summed E-state index contributed by atoms with van der Waals surface area (Å²) in [5.41, 5.74) is 0.356. The first-order valence-electron chi connectivity index (χ1n) is 3.24. The molecule has 0 heterocycles. The summed E-state index contributed by atoms with van der Waals surface area (Å²) in [7, 11) is 1.26. The largest absolute Gasteiger partial charge is 0.478 e. The highest BCUT2D eigenvalue weighted by molar-refractivity contribution is 5.88. The van der Waals surface area contributed by atoms with Gasteiger partial charge in [-0.3, -0.25) is 0 Å². The first kappa shape index (κ1) is 10.4. The van der Waals surface area contributed by atoms with Crippen LogP contribution in [0.25, 0.3) is 0 Å². The van der Waals surface area contributed by atoms with E-state index < -0.39 is 11.9 Å². The highest BCUT2D eigenvalue weighted by atomic mass is 16.5. The summed E-state index contributed by atoms with van der Waals surface area (Å²) in [4.78, 5) is 20.7. The summed E-state index contributed by atoms with van der Waals surface area (Å²) in [6, 6.07) is 0. The molecular formula is C8H10O4. The van der Waals surface area contributed by atoms with Crippen LogP contribution < -0.4 is 0 Å². The Labute approximate surface area is 70.1 Å².